The zero-order valence-electron chi connectivity index (χ0n) is 23.0. The van der Waals surface area contributed by atoms with Gasteiger partial charge in [-0.15, -0.1) is 10.2 Å². The lowest BCUT2D eigenvalue weighted by atomic mass is 9.84. The fourth-order valence-corrected chi connectivity index (χ4v) is 5.80. The second-order valence-electron chi connectivity index (χ2n) is 10.2. The van der Waals surface area contributed by atoms with E-state index in [1.807, 2.05) is 19.9 Å². The first kappa shape index (κ1) is 29.8. The monoisotopic (exact) mass is 543 g/mol. The predicted octanol–water partition coefficient (Wildman–Crippen LogP) is 4.65. The molecule has 1 aromatic heterocycles. The molecular formula is C28H41N5O4S. The van der Waals surface area contributed by atoms with Gasteiger partial charge in [0.15, 0.2) is 0 Å². The summed E-state index contributed by atoms with van der Waals surface area (Å²) in [6.45, 7) is 11.0. The maximum absolute atomic E-state index is 13.8. The van der Waals surface area contributed by atoms with E-state index in [9.17, 15) is 14.4 Å². The summed E-state index contributed by atoms with van der Waals surface area (Å²) in [5.41, 5.74) is -0.456. The van der Waals surface area contributed by atoms with Crippen LogP contribution in [-0.4, -0.2) is 75.2 Å². The van der Waals surface area contributed by atoms with Gasteiger partial charge in [0.1, 0.15) is 11.7 Å². The zero-order chi connectivity index (χ0) is 27.5. The minimum absolute atomic E-state index is 0.104. The molecule has 2 aromatic rings. The maximum Gasteiger partial charge on any atom is 0.286 e. The average Bonchev–Trinajstić information content (AvgIpc) is 3.40. The number of nitrogens with zero attached hydrogens (tertiary/aromatic N) is 4. The van der Waals surface area contributed by atoms with E-state index in [0.717, 1.165) is 44.6 Å². The lowest BCUT2D eigenvalue weighted by Gasteiger charge is -2.48. The number of amides is 2. The number of benzene rings is 1. The van der Waals surface area contributed by atoms with Gasteiger partial charge >= 0.3 is 0 Å². The summed E-state index contributed by atoms with van der Waals surface area (Å²) in [5.74, 6) is 0.116. The molecule has 1 N–H and O–H groups in total. The van der Waals surface area contributed by atoms with Crippen molar-refractivity contribution in [2.24, 2.45) is 5.92 Å². The van der Waals surface area contributed by atoms with Crippen molar-refractivity contribution in [2.45, 2.75) is 83.1 Å². The first-order valence-corrected chi connectivity index (χ1v) is 14.7. The third kappa shape index (κ3) is 7.66. The Kier molecular flexibility index (Phi) is 11.3. The van der Waals surface area contributed by atoms with Crippen LogP contribution in [0.25, 0.3) is 0 Å². The van der Waals surface area contributed by atoms with Crippen molar-refractivity contribution in [1.29, 1.82) is 0 Å². The number of thioether (sulfide) groups is 1. The second kappa shape index (κ2) is 14.4. The summed E-state index contributed by atoms with van der Waals surface area (Å²) in [6, 6.07) is 8.10. The number of carbonyl (C=O) groups excluding carboxylic acids is 3. The molecule has 9 nitrogen and oxygen atoms in total. The molecule has 2 amide bonds. The van der Waals surface area contributed by atoms with Crippen LogP contribution in [0.2, 0.25) is 0 Å². The molecule has 1 aromatic carbocycles. The molecule has 208 valence electrons. The second-order valence-corrected chi connectivity index (χ2v) is 11.2. The van der Waals surface area contributed by atoms with Crippen molar-refractivity contribution < 1.29 is 18.8 Å². The topological polar surface area (TPSA) is 109 Å². The normalized spacial score (nSPS) is 15.8. The van der Waals surface area contributed by atoms with E-state index >= 15 is 0 Å². The van der Waals surface area contributed by atoms with Gasteiger partial charge in [-0.3, -0.25) is 14.4 Å². The molecular weight excluding hydrogens is 502 g/mol. The first-order valence-electron chi connectivity index (χ1n) is 13.7. The SMILES string of the molecule is CCN(CC)CCSc1nnc(C(=O)C(CC(C)C)N(C=O)C2(NC(=O)c3ccccc3)CCCCC2)o1. The maximum atomic E-state index is 13.8. The van der Waals surface area contributed by atoms with Gasteiger partial charge in [0.25, 0.3) is 17.0 Å². The molecule has 0 bridgehead atoms. The van der Waals surface area contributed by atoms with Crippen LogP contribution >= 0.6 is 11.8 Å². The van der Waals surface area contributed by atoms with E-state index in [2.05, 4.69) is 34.3 Å². The molecule has 1 fully saturated rings. The minimum Gasteiger partial charge on any atom is -0.408 e. The fraction of sp³-hybridized carbons (Fsp3) is 0.607. The Bertz CT molecular complexity index is 1030. The van der Waals surface area contributed by atoms with Gasteiger partial charge in [0, 0.05) is 17.9 Å². The minimum atomic E-state index is -0.969. The summed E-state index contributed by atoms with van der Waals surface area (Å²) in [5, 5.41) is 11.6. The Hall–Kier alpha value is -2.72. The Morgan fingerprint density at radius 2 is 1.79 bits per heavy atom. The molecule has 0 aliphatic heterocycles. The van der Waals surface area contributed by atoms with E-state index in [1.54, 1.807) is 24.3 Å². The lowest BCUT2D eigenvalue weighted by molar-refractivity contribution is -0.129. The number of aromatic nitrogens is 2. The van der Waals surface area contributed by atoms with Crippen LogP contribution in [0, 0.1) is 5.92 Å². The predicted molar refractivity (Wildman–Crippen MR) is 148 cm³/mol. The van der Waals surface area contributed by atoms with Crippen molar-refractivity contribution in [3.63, 3.8) is 0 Å². The van der Waals surface area contributed by atoms with E-state index in [4.69, 9.17) is 4.42 Å². The molecule has 1 atom stereocenters. The molecule has 10 heteroatoms. The number of rotatable bonds is 15. The van der Waals surface area contributed by atoms with Crippen LogP contribution in [-0.2, 0) is 4.79 Å². The molecule has 1 aliphatic carbocycles. The van der Waals surface area contributed by atoms with Crippen LogP contribution in [0.3, 0.4) is 0 Å². The Morgan fingerprint density at radius 3 is 2.39 bits per heavy atom. The van der Waals surface area contributed by atoms with Gasteiger partial charge in [-0.05, 0) is 63.2 Å². The van der Waals surface area contributed by atoms with Crippen molar-refractivity contribution in [3.05, 3.63) is 41.8 Å². The number of carbonyl (C=O) groups is 3. The van der Waals surface area contributed by atoms with E-state index < -0.39 is 17.5 Å². The van der Waals surface area contributed by atoms with Gasteiger partial charge in [0.05, 0.1) is 0 Å². The van der Waals surface area contributed by atoms with Crippen molar-refractivity contribution in [2.75, 3.05) is 25.4 Å². The highest BCUT2D eigenvalue weighted by atomic mass is 32.2. The Labute approximate surface area is 230 Å². The smallest absolute Gasteiger partial charge is 0.286 e. The molecule has 0 saturated heterocycles. The summed E-state index contributed by atoms with van der Waals surface area (Å²) in [4.78, 5) is 43.5. The third-order valence-electron chi connectivity index (χ3n) is 7.15. The van der Waals surface area contributed by atoms with E-state index in [0.29, 0.717) is 36.5 Å². The molecule has 1 saturated carbocycles. The average molecular weight is 544 g/mol. The molecule has 1 heterocycles. The third-order valence-corrected chi connectivity index (χ3v) is 7.95. The molecule has 0 radical (unpaired) electrons. The van der Waals surface area contributed by atoms with Crippen molar-refractivity contribution in [3.8, 4) is 0 Å². The van der Waals surface area contributed by atoms with Gasteiger partial charge in [-0.25, -0.2) is 0 Å². The van der Waals surface area contributed by atoms with Crippen LogP contribution in [0.5, 0.6) is 0 Å². The molecule has 1 unspecified atom stereocenters. The zero-order valence-corrected chi connectivity index (χ0v) is 23.8. The largest absolute Gasteiger partial charge is 0.408 e. The van der Waals surface area contributed by atoms with Crippen molar-refractivity contribution >= 4 is 29.9 Å². The number of nitrogens with one attached hydrogen (secondary N) is 1. The number of Topliss-reactive ketones (excluding diaryl/α,β-unsaturated/α-hetero) is 1. The highest BCUT2D eigenvalue weighted by molar-refractivity contribution is 7.99. The summed E-state index contributed by atoms with van der Waals surface area (Å²) >= 11 is 1.42. The summed E-state index contributed by atoms with van der Waals surface area (Å²) < 4.78 is 5.77. The molecule has 0 spiro atoms. The quantitative estimate of drug-likeness (QED) is 0.150. The van der Waals surface area contributed by atoms with Crippen molar-refractivity contribution in [1.82, 2.24) is 25.3 Å². The van der Waals surface area contributed by atoms with E-state index in [1.165, 1.54) is 16.7 Å². The van der Waals surface area contributed by atoms with Crippen LogP contribution in [0.15, 0.2) is 40.0 Å². The molecule has 3 rings (SSSR count). The van der Waals surface area contributed by atoms with Crippen LogP contribution < -0.4 is 5.32 Å². The lowest BCUT2D eigenvalue weighted by Crippen LogP contribution is -2.65. The van der Waals surface area contributed by atoms with Gasteiger partial charge in [-0.1, -0.05) is 64.1 Å². The van der Waals surface area contributed by atoms with Gasteiger partial charge < -0.3 is 19.5 Å². The van der Waals surface area contributed by atoms with E-state index in [-0.39, 0.29) is 17.7 Å². The number of hydrogen-bond donors (Lipinski definition) is 1. The summed E-state index contributed by atoms with van der Waals surface area (Å²) in [6.07, 6.45) is 4.96. The standard InChI is InChI=1S/C28H41N5O4S/c1-5-32(6-2)17-18-38-27-31-30-26(37-27)24(35)23(19-21(3)4)33(20-34)28(15-11-8-12-16-28)29-25(36)22-13-9-7-10-14-22/h7,9-10,13-14,20-21,23H,5-6,8,11-12,15-19H2,1-4H3,(H,29,36). The van der Waals surface area contributed by atoms with Crippen LogP contribution in [0.4, 0.5) is 0 Å². The number of hydrogen-bond acceptors (Lipinski definition) is 8. The first-order chi connectivity index (χ1) is 18.3. The summed E-state index contributed by atoms with van der Waals surface area (Å²) in [7, 11) is 0. The van der Waals surface area contributed by atoms with Gasteiger partial charge in [0.2, 0.25) is 12.2 Å². The Balaban J connectivity index is 1.84. The highest BCUT2D eigenvalue weighted by Gasteiger charge is 2.45. The number of ketones is 1. The van der Waals surface area contributed by atoms with Gasteiger partial charge in [-0.2, -0.15) is 0 Å². The highest BCUT2D eigenvalue weighted by Crippen LogP contribution is 2.35. The Morgan fingerprint density at radius 1 is 1.11 bits per heavy atom. The van der Waals surface area contributed by atoms with Crippen LogP contribution in [0.1, 0.15) is 87.3 Å². The molecule has 38 heavy (non-hydrogen) atoms. The molecule has 1 aliphatic rings. The fourth-order valence-electron chi connectivity index (χ4n) is 5.04.